The van der Waals surface area contributed by atoms with Crippen molar-refractivity contribution in [3.63, 3.8) is 0 Å². The Morgan fingerprint density at radius 2 is 2.28 bits per heavy atom. The Bertz CT molecular complexity index is 476. The van der Waals surface area contributed by atoms with Crippen molar-refractivity contribution in [2.75, 3.05) is 6.54 Å². The summed E-state index contributed by atoms with van der Waals surface area (Å²) < 4.78 is 1.05. The van der Waals surface area contributed by atoms with Crippen molar-refractivity contribution < 1.29 is 4.79 Å². The first kappa shape index (κ1) is 13.5. The van der Waals surface area contributed by atoms with Crippen LogP contribution in [-0.4, -0.2) is 18.4 Å². The van der Waals surface area contributed by atoms with E-state index in [9.17, 15) is 4.79 Å². The second kappa shape index (κ2) is 5.40. The largest absolute Gasteiger partial charge is 0.340 e. The molecular weight excluding hydrogens is 314 g/mol. The minimum atomic E-state index is -0.314. The fourth-order valence-corrected chi connectivity index (χ4v) is 3.22. The van der Waals surface area contributed by atoms with Crippen molar-refractivity contribution in [3.8, 4) is 0 Å². The number of aliphatic imine (C=N–C) groups is 1. The van der Waals surface area contributed by atoms with E-state index >= 15 is 0 Å². The summed E-state index contributed by atoms with van der Waals surface area (Å²) in [4.78, 5) is 18.4. The molecule has 1 aliphatic heterocycles. The van der Waals surface area contributed by atoms with E-state index in [1.165, 1.54) is 4.88 Å². The number of amides is 1. The Morgan fingerprint density at radius 1 is 1.56 bits per heavy atom. The Morgan fingerprint density at radius 3 is 2.83 bits per heavy atom. The minimum Gasteiger partial charge on any atom is -0.340 e. The van der Waals surface area contributed by atoms with Crippen molar-refractivity contribution >= 4 is 39.1 Å². The van der Waals surface area contributed by atoms with Gasteiger partial charge in [0.15, 0.2) is 5.96 Å². The van der Waals surface area contributed by atoms with Crippen LogP contribution < -0.4 is 10.6 Å². The summed E-state index contributed by atoms with van der Waals surface area (Å²) in [6.07, 6.45) is 0. The monoisotopic (exact) mass is 329 g/mol. The lowest BCUT2D eigenvalue weighted by molar-refractivity contribution is -0.120. The van der Waals surface area contributed by atoms with E-state index in [0.29, 0.717) is 18.4 Å². The van der Waals surface area contributed by atoms with Gasteiger partial charge in [-0.3, -0.25) is 15.1 Å². The molecule has 0 aliphatic carbocycles. The van der Waals surface area contributed by atoms with E-state index in [2.05, 4.69) is 45.4 Å². The number of aryl methyl sites for hydroxylation is 1. The molecule has 1 aromatic rings. The highest BCUT2D eigenvalue weighted by Crippen LogP contribution is 2.31. The number of carbonyl (C=O) groups excluding carboxylic acids is 1. The van der Waals surface area contributed by atoms with Gasteiger partial charge in [0.1, 0.15) is 6.04 Å². The molecule has 4 nitrogen and oxygen atoms in total. The molecule has 1 aliphatic rings. The van der Waals surface area contributed by atoms with Gasteiger partial charge in [-0.05, 0) is 34.8 Å². The molecule has 98 valence electrons. The summed E-state index contributed by atoms with van der Waals surface area (Å²) in [7, 11) is 0. The van der Waals surface area contributed by atoms with E-state index in [1.54, 1.807) is 11.3 Å². The third kappa shape index (κ3) is 2.92. The molecule has 0 saturated carbocycles. The fourth-order valence-electron chi connectivity index (χ4n) is 1.61. The number of halogens is 1. The lowest BCUT2D eigenvalue weighted by atomic mass is 10.2. The van der Waals surface area contributed by atoms with E-state index in [4.69, 9.17) is 0 Å². The normalized spacial score (nSPS) is 21.5. The first-order valence-corrected chi connectivity index (χ1v) is 7.46. The lowest BCUT2D eigenvalue weighted by Crippen LogP contribution is -2.26. The Labute approximate surface area is 119 Å². The molecular formula is C12H16BrN3OS. The molecule has 0 radical (unpaired) electrons. The SMILES string of the molecule is Cc1sc(C2NC(=NCC(C)C)NC2=O)cc1Br. The van der Waals surface area contributed by atoms with Gasteiger partial charge in [-0.25, -0.2) is 0 Å². The lowest BCUT2D eigenvalue weighted by Gasteiger charge is -2.04. The zero-order valence-electron chi connectivity index (χ0n) is 10.6. The van der Waals surface area contributed by atoms with Crippen molar-refractivity contribution in [2.45, 2.75) is 26.8 Å². The van der Waals surface area contributed by atoms with Crippen LogP contribution in [0.1, 0.15) is 29.6 Å². The van der Waals surface area contributed by atoms with Crippen molar-refractivity contribution in [1.82, 2.24) is 10.6 Å². The molecule has 1 saturated heterocycles. The number of nitrogens with one attached hydrogen (secondary N) is 2. The summed E-state index contributed by atoms with van der Waals surface area (Å²) in [5.41, 5.74) is 0. The minimum absolute atomic E-state index is 0.0359. The van der Waals surface area contributed by atoms with Gasteiger partial charge in [0.25, 0.3) is 5.91 Å². The molecule has 0 bridgehead atoms. The van der Waals surface area contributed by atoms with E-state index < -0.39 is 0 Å². The second-order valence-electron chi connectivity index (χ2n) is 4.70. The van der Waals surface area contributed by atoms with Crippen LogP contribution in [0.15, 0.2) is 15.5 Å². The maximum atomic E-state index is 11.9. The molecule has 2 heterocycles. The summed E-state index contributed by atoms with van der Waals surface area (Å²) in [6, 6.07) is 1.67. The number of carbonyl (C=O) groups is 1. The number of guanidine groups is 1. The molecule has 18 heavy (non-hydrogen) atoms. The topological polar surface area (TPSA) is 53.5 Å². The van der Waals surface area contributed by atoms with Crippen LogP contribution >= 0.6 is 27.3 Å². The van der Waals surface area contributed by atoms with Gasteiger partial charge in [0, 0.05) is 20.8 Å². The Balaban J connectivity index is 2.12. The third-order valence-corrected chi connectivity index (χ3v) is 4.76. The molecule has 1 fully saturated rings. The van der Waals surface area contributed by atoms with Crippen LogP contribution in [0, 0.1) is 12.8 Å². The maximum absolute atomic E-state index is 11.9. The standard InChI is InChI=1S/C12H16BrN3OS/c1-6(2)5-14-12-15-10(11(17)16-12)9-4-8(13)7(3)18-9/h4,6,10H,5H2,1-3H3,(H2,14,15,16,17). The molecule has 1 unspecified atom stereocenters. The number of rotatable bonds is 3. The van der Waals surface area contributed by atoms with Gasteiger partial charge in [-0.1, -0.05) is 13.8 Å². The molecule has 1 aromatic heterocycles. The van der Waals surface area contributed by atoms with E-state index in [-0.39, 0.29) is 11.9 Å². The molecule has 2 N–H and O–H groups in total. The predicted octanol–water partition coefficient (Wildman–Crippen LogP) is 2.59. The van der Waals surface area contributed by atoms with Crippen LogP contribution in [0.2, 0.25) is 0 Å². The highest BCUT2D eigenvalue weighted by molar-refractivity contribution is 9.10. The van der Waals surface area contributed by atoms with Gasteiger partial charge < -0.3 is 5.32 Å². The van der Waals surface area contributed by atoms with E-state index in [0.717, 1.165) is 9.35 Å². The average Bonchev–Trinajstić information content (AvgIpc) is 2.80. The Kier molecular flexibility index (Phi) is 4.07. The molecule has 2 rings (SSSR count). The van der Waals surface area contributed by atoms with Crippen LogP contribution in [0.5, 0.6) is 0 Å². The number of thiophene rings is 1. The summed E-state index contributed by atoms with van der Waals surface area (Å²) >= 11 is 5.09. The maximum Gasteiger partial charge on any atom is 0.254 e. The number of hydrogen-bond acceptors (Lipinski definition) is 3. The van der Waals surface area contributed by atoms with Gasteiger partial charge in [0.05, 0.1) is 0 Å². The fraction of sp³-hybridized carbons (Fsp3) is 0.500. The van der Waals surface area contributed by atoms with Crippen LogP contribution in [0.25, 0.3) is 0 Å². The molecule has 1 amide bonds. The smallest absolute Gasteiger partial charge is 0.254 e. The van der Waals surface area contributed by atoms with Gasteiger partial charge in [0.2, 0.25) is 0 Å². The predicted molar refractivity (Wildman–Crippen MR) is 77.9 cm³/mol. The average molecular weight is 330 g/mol. The number of hydrogen-bond donors (Lipinski definition) is 2. The molecule has 6 heteroatoms. The van der Waals surface area contributed by atoms with Crippen LogP contribution in [-0.2, 0) is 4.79 Å². The molecule has 0 spiro atoms. The summed E-state index contributed by atoms with van der Waals surface area (Å²) in [5, 5.41) is 5.91. The quantitative estimate of drug-likeness (QED) is 0.895. The first-order valence-electron chi connectivity index (χ1n) is 5.85. The molecule has 0 aromatic carbocycles. The zero-order valence-corrected chi connectivity index (χ0v) is 13.0. The second-order valence-corrected chi connectivity index (χ2v) is 6.84. The Hall–Kier alpha value is -0.880. The van der Waals surface area contributed by atoms with Crippen molar-refractivity contribution in [2.24, 2.45) is 10.9 Å². The number of nitrogens with zero attached hydrogens (tertiary/aromatic N) is 1. The molecule has 1 atom stereocenters. The third-order valence-electron chi connectivity index (χ3n) is 2.56. The highest BCUT2D eigenvalue weighted by atomic mass is 79.9. The highest BCUT2D eigenvalue weighted by Gasteiger charge is 2.31. The van der Waals surface area contributed by atoms with Crippen molar-refractivity contribution in [1.29, 1.82) is 0 Å². The van der Waals surface area contributed by atoms with Gasteiger partial charge in [-0.2, -0.15) is 0 Å². The first-order chi connectivity index (χ1) is 8.47. The van der Waals surface area contributed by atoms with Gasteiger partial charge in [-0.15, -0.1) is 11.3 Å². The van der Waals surface area contributed by atoms with Gasteiger partial charge >= 0.3 is 0 Å². The van der Waals surface area contributed by atoms with Crippen molar-refractivity contribution in [3.05, 3.63) is 20.3 Å². The van der Waals surface area contributed by atoms with Crippen LogP contribution in [0.4, 0.5) is 0 Å². The van der Waals surface area contributed by atoms with E-state index in [1.807, 2.05) is 13.0 Å². The zero-order chi connectivity index (χ0) is 13.3. The summed E-state index contributed by atoms with van der Waals surface area (Å²) in [6.45, 7) is 6.93. The summed E-state index contributed by atoms with van der Waals surface area (Å²) in [5.74, 6) is 1.03. The van der Waals surface area contributed by atoms with Crippen LogP contribution in [0.3, 0.4) is 0 Å².